The molecule has 1 aromatic heterocycles. The molecule has 27 heavy (non-hydrogen) atoms. The number of sulfonamides is 1. The molecule has 1 aliphatic rings. The van der Waals surface area contributed by atoms with Crippen LogP contribution in [0.15, 0.2) is 50.5 Å². The Labute approximate surface area is 155 Å². The number of aliphatic hydroxyl groups excluding tert-OH is 1. The summed E-state index contributed by atoms with van der Waals surface area (Å²) in [5.41, 5.74) is 1.62. The largest absolute Gasteiger partial charge is 0.497 e. The van der Waals surface area contributed by atoms with E-state index < -0.39 is 21.9 Å². The summed E-state index contributed by atoms with van der Waals surface area (Å²) in [6, 6.07) is 9.25. The predicted molar refractivity (Wildman–Crippen MR) is 98.6 cm³/mol. The van der Waals surface area contributed by atoms with Gasteiger partial charge in [0.2, 0.25) is 0 Å². The van der Waals surface area contributed by atoms with E-state index in [0.29, 0.717) is 22.5 Å². The summed E-state index contributed by atoms with van der Waals surface area (Å²) in [5.74, 6) is -0.0161. The third kappa shape index (κ3) is 2.70. The first kappa shape index (κ1) is 17.6. The molecule has 3 aromatic rings. The lowest BCUT2D eigenvalue weighted by molar-refractivity contribution is 0.166. The van der Waals surface area contributed by atoms with Crippen LogP contribution in [-0.4, -0.2) is 31.7 Å². The predicted octanol–water partition coefficient (Wildman–Crippen LogP) is 1.77. The maximum absolute atomic E-state index is 13.2. The number of hydrogen-bond donors (Lipinski definition) is 1. The zero-order valence-corrected chi connectivity index (χ0v) is 15.6. The smallest absolute Gasteiger partial charge is 0.419 e. The van der Waals surface area contributed by atoms with Crippen LogP contribution >= 0.6 is 0 Å². The van der Waals surface area contributed by atoms with Crippen LogP contribution in [0.3, 0.4) is 0 Å². The van der Waals surface area contributed by atoms with E-state index in [-0.39, 0.29) is 23.4 Å². The molecule has 1 atom stereocenters. The Kier molecular flexibility index (Phi) is 4.01. The maximum atomic E-state index is 13.2. The van der Waals surface area contributed by atoms with E-state index in [1.165, 1.54) is 28.1 Å². The molecule has 0 radical (unpaired) electrons. The van der Waals surface area contributed by atoms with Gasteiger partial charge in [0.15, 0.2) is 5.58 Å². The van der Waals surface area contributed by atoms with Gasteiger partial charge in [-0.25, -0.2) is 13.2 Å². The first-order chi connectivity index (χ1) is 12.8. The molecule has 0 spiro atoms. The second-order valence-corrected chi connectivity index (χ2v) is 8.23. The van der Waals surface area contributed by atoms with E-state index in [2.05, 4.69) is 0 Å². The minimum Gasteiger partial charge on any atom is -0.497 e. The highest BCUT2D eigenvalue weighted by Gasteiger charge is 2.33. The third-order valence-electron chi connectivity index (χ3n) is 4.82. The lowest BCUT2D eigenvalue weighted by atomic mass is 10.0. The van der Waals surface area contributed by atoms with Gasteiger partial charge in [-0.05, 0) is 36.8 Å². The van der Waals surface area contributed by atoms with Crippen LogP contribution in [0.1, 0.15) is 18.1 Å². The van der Waals surface area contributed by atoms with E-state index in [4.69, 9.17) is 9.15 Å². The second kappa shape index (κ2) is 6.14. The van der Waals surface area contributed by atoms with Crippen LogP contribution in [0.5, 0.6) is 5.75 Å². The molecule has 0 saturated heterocycles. The highest BCUT2D eigenvalue weighted by molar-refractivity contribution is 7.92. The summed E-state index contributed by atoms with van der Waals surface area (Å²) in [4.78, 5) is 11.7. The van der Waals surface area contributed by atoms with Gasteiger partial charge < -0.3 is 14.3 Å². The number of methoxy groups -OCH3 is 1. The molecule has 0 amide bonds. The number of hydrogen-bond acceptors (Lipinski definition) is 6. The summed E-state index contributed by atoms with van der Waals surface area (Å²) in [7, 11) is -0.842. The molecule has 142 valence electrons. The van der Waals surface area contributed by atoms with Crippen molar-refractivity contribution in [2.75, 3.05) is 18.0 Å². The minimum atomic E-state index is -3.90. The van der Waals surface area contributed by atoms with Crippen molar-refractivity contribution in [1.82, 2.24) is 4.57 Å². The van der Waals surface area contributed by atoms with Crippen LogP contribution in [0.4, 0.5) is 5.69 Å². The zero-order valence-electron chi connectivity index (χ0n) is 14.7. The first-order valence-electron chi connectivity index (χ1n) is 8.31. The summed E-state index contributed by atoms with van der Waals surface area (Å²) in [6.45, 7) is 0.138. The molecule has 4 rings (SSSR count). The van der Waals surface area contributed by atoms with Gasteiger partial charge in [-0.1, -0.05) is 0 Å². The van der Waals surface area contributed by atoms with Crippen LogP contribution in [0.2, 0.25) is 0 Å². The van der Waals surface area contributed by atoms with Crippen molar-refractivity contribution in [3.63, 3.8) is 0 Å². The van der Waals surface area contributed by atoms with E-state index in [1.807, 2.05) is 0 Å². The Hall–Kier alpha value is -2.78. The molecule has 2 heterocycles. The van der Waals surface area contributed by atoms with E-state index >= 15 is 0 Å². The molecular formula is C18H18N2O6S. The molecule has 0 aliphatic carbocycles. The van der Waals surface area contributed by atoms with Crippen LogP contribution in [-0.2, 0) is 17.1 Å². The maximum Gasteiger partial charge on any atom is 0.419 e. The van der Waals surface area contributed by atoms with Gasteiger partial charge in [0, 0.05) is 25.2 Å². The quantitative estimate of drug-likeness (QED) is 0.731. The molecule has 2 aromatic carbocycles. The Morgan fingerprint density at radius 2 is 2.00 bits per heavy atom. The number of fused-ring (bicyclic) bond motifs is 2. The number of aromatic nitrogens is 1. The highest BCUT2D eigenvalue weighted by atomic mass is 32.2. The molecule has 1 N–H and O–H groups in total. The minimum absolute atomic E-state index is 0.0162. The number of oxazole rings is 1. The topological polar surface area (TPSA) is 102 Å². The van der Waals surface area contributed by atoms with Crippen molar-refractivity contribution in [2.45, 2.75) is 17.4 Å². The number of anilines is 1. The highest BCUT2D eigenvalue weighted by Crippen LogP contribution is 2.39. The molecule has 1 aliphatic heterocycles. The normalized spacial score (nSPS) is 17.1. The molecule has 0 saturated carbocycles. The molecule has 0 bridgehead atoms. The van der Waals surface area contributed by atoms with E-state index in [1.54, 1.807) is 31.3 Å². The van der Waals surface area contributed by atoms with Gasteiger partial charge in [-0.2, -0.15) is 0 Å². The van der Waals surface area contributed by atoms with Crippen molar-refractivity contribution in [3.05, 3.63) is 52.5 Å². The average molecular weight is 390 g/mol. The Balaban J connectivity index is 1.83. The molecule has 8 nitrogen and oxygen atoms in total. The van der Waals surface area contributed by atoms with Gasteiger partial charge >= 0.3 is 5.76 Å². The molecule has 9 heteroatoms. The van der Waals surface area contributed by atoms with Gasteiger partial charge in [0.05, 0.1) is 29.3 Å². The SMILES string of the molecule is COc1ccc2c(c1)C(O)CCN2S(=O)(=O)c1ccc2c(c1)oc(=O)n2C. The number of benzene rings is 2. The fourth-order valence-corrected chi connectivity index (χ4v) is 4.84. The van der Waals surface area contributed by atoms with Gasteiger partial charge in [0.1, 0.15) is 5.75 Å². The number of aryl methyl sites for hydroxylation is 1. The van der Waals surface area contributed by atoms with Gasteiger partial charge in [0.25, 0.3) is 10.0 Å². The Bertz CT molecular complexity index is 1190. The first-order valence-corrected chi connectivity index (χ1v) is 9.75. The number of nitrogens with zero attached hydrogens (tertiary/aromatic N) is 2. The third-order valence-corrected chi connectivity index (χ3v) is 6.63. The second-order valence-electron chi connectivity index (χ2n) is 6.36. The van der Waals surface area contributed by atoms with Crippen LogP contribution in [0.25, 0.3) is 11.1 Å². The lowest BCUT2D eigenvalue weighted by Gasteiger charge is -2.33. The fraction of sp³-hybridized carbons (Fsp3) is 0.278. The molecular weight excluding hydrogens is 372 g/mol. The van der Waals surface area contributed by atoms with E-state index in [9.17, 15) is 18.3 Å². The standard InChI is InChI=1S/C18H18N2O6S/c1-19-15-6-4-12(10-17(15)26-18(19)22)27(23,24)20-8-7-16(21)13-9-11(25-2)3-5-14(13)20/h3-6,9-10,16,21H,7-8H2,1-2H3. The van der Waals surface area contributed by atoms with Crippen LogP contribution < -0.4 is 14.8 Å². The fourth-order valence-electron chi connectivity index (χ4n) is 3.32. The summed E-state index contributed by atoms with van der Waals surface area (Å²) in [6.07, 6.45) is -0.501. The number of ether oxygens (including phenoxy) is 1. The zero-order chi connectivity index (χ0) is 19.3. The van der Waals surface area contributed by atoms with Crippen molar-refractivity contribution in [3.8, 4) is 5.75 Å². The summed E-state index contributed by atoms with van der Waals surface area (Å²) < 4.78 is 39.3. The van der Waals surface area contributed by atoms with Crippen molar-refractivity contribution >= 4 is 26.8 Å². The molecule has 1 unspecified atom stereocenters. The monoisotopic (exact) mass is 390 g/mol. The number of aliphatic hydroxyl groups is 1. The van der Waals surface area contributed by atoms with Crippen molar-refractivity contribution in [2.24, 2.45) is 7.05 Å². The summed E-state index contributed by atoms with van der Waals surface area (Å²) in [5, 5.41) is 10.3. The van der Waals surface area contributed by atoms with Gasteiger partial charge in [-0.15, -0.1) is 0 Å². The van der Waals surface area contributed by atoms with E-state index in [0.717, 1.165) is 0 Å². The van der Waals surface area contributed by atoms with Crippen molar-refractivity contribution in [1.29, 1.82) is 0 Å². The Morgan fingerprint density at radius 3 is 2.74 bits per heavy atom. The summed E-state index contributed by atoms with van der Waals surface area (Å²) >= 11 is 0. The lowest BCUT2D eigenvalue weighted by Crippen LogP contribution is -2.36. The number of rotatable bonds is 3. The Morgan fingerprint density at radius 1 is 1.22 bits per heavy atom. The van der Waals surface area contributed by atoms with Crippen LogP contribution in [0, 0.1) is 0 Å². The van der Waals surface area contributed by atoms with Gasteiger partial charge in [-0.3, -0.25) is 8.87 Å². The van der Waals surface area contributed by atoms with Crippen molar-refractivity contribution < 1.29 is 22.7 Å². The molecule has 0 fully saturated rings. The average Bonchev–Trinajstić information content (AvgIpc) is 2.95.